The fourth-order valence-corrected chi connectivity index (χ4v) is 0. The van der Waals surface area contributed by atoms with E-state index in [-0.39, 0.29) is 103 Å². The predicted molar refractivity (Wildman–Crippen MR) is 17.0 cm³/mol. The van der Waals surface area contributed by atoms with Gasteiger partial charge in [0.05, 0.1) is 0 Å². The molecule has 0 heterocycles. The molecule has 0 aliphatic rings. The van der Waals surface area contributed by atoms with Crippen molar-refractivity contribution in [3.05, 3.63) is 6.57 Å². The SMILES string of the molecule is O=P([O-])(O)O.[C-]#N.[K+].[K+]. The molecule has 0 aliphatic carbocycles. The summed E-state index contributed by atoms with van der Waals surface area (Å²) in [4.78, 5) is 22.9. The van der Waals surface area contributed by atoms with E-state index in [9.17, 15) is 0 Å². The zero-order valence-electron chi connectivity index (χ0n) is 5.11. The minimum atomic E-state index is -4.89. The molecule has 8 heteroatoms. The first-order valence-corrected chi connectivity index (χ1v) is 2.52. The first kappa shape index (κ1) is 22.6. The summed E-state index contributed by atoms with van der Waals surface area (Å²) in [6.45, 7) is 4.75. The average molecular weight is 201 g/mol. The molecule has 0 rings (SSSR count). The number of phosphoric acid groups is 1. The Labute approximate surface area is 138 Å². The Morgan fingerprint density at radius 1 is 1.33 bits per heavy atom. The fourth-order valence-electron chi connectivity index (χ4n) is 0. The van der Waals surface area contributed by atoms with Crippen molar-refractivity contribution in [2.75, 3.05) is 0 Å². The average Bonchev–Trinajstić information content (AvgIpc) is 1.36. The molecule has 9 heavy (non-hydrogen) atoms. The van der Waals surface area contributed by atoms with Crippen LogP contribution < -0.4 is 108 Å². The van der Waals surface area contributed by atoms with Gasteiger partial charge in [-0.2, -0.15) is 0 Å². The quantitative estimate of drug-likeness (QED) is 0.230. The molecule has 0 aromatic rings. The van der Waals surface area contributed by atoms with E-state index in [1.165, 1.54) is 0 Å². The van der Waals surface area contributed by atoms with E-state index in [1.807, 2.05) is 0 Å². The van der Waals surface area contributed by atoms with Crippen LogP contribution in [0.15, 0.2) is 0 Å². The summed E-state index contributed by atoms with van der Waals surface area (Å²) in [7, 11) is -4.89. The van der Waals surface area contributed by atoms with Gasteiger partial charge in [-0.15, -0.1) is 0 Å². The van der Waals surface area contributed by atoms with Crippen LogP contribution >= 0.6 is 7.82 Å². The van der Waals surface area contributed by atoms with Gasteiger partial charge < -0.3 is 26.5 Å². The molecular formula is CH2K2NO4P. The van der Waals surface area contributed by atoms with E-state index in [4.69, 9.17) is 31.1 Å². The molecule has 0 amide bonds. The maximum atomic E-state index is 8.77. The van der Waals surface area contributed by atoms with Gasteiger partial charge in [-0.05, 0) is 0 Å². The molecule has 0 unspecified atom stereocenters. The summed E-state index contributed by atoms with van der Waals surface area (Å²) in [5.41, 5.74) is 0. The van der Waals surface area contributed by atoms with Crippen molar-refractivity contribution in [3.63, 3.8) is 0 Å². The van der Waals surface area contributed by atoms with Gasteiger partial charge in [0.25, 0.3) is 7.82 Å². The molecule has 0 bridgehead atoms. The summed E-state index contributed by atoms with van der Waals surface area (Å²) in [5, 5.41) is 6.25. The van der Waals surface area contributed by atoms with Gasteiger partial charge in [0.15, 0.2) is 0 Å². The van der Waals surface area contributed by atoms with Gasteiger partial charge in [0.1, 0.15) is 0 Å². The molecule has 0 radical (unpaired) electrons. The Kier molecular flexibility index (Phi) is 33.9. The number of rotatable bonds is 0. The Balaban J connectivity index is -0.0000000286. The second-order valence-electron chi connectivity index (χ2n) is 0.491. The van der Waals surface area contributed by atoms with Gasteiger partial charge in [-0.1, -0.05) is 0 Å². The van der Waals surface area contributed by atoms with Crippen LogP contribution in [-0.4, -0.2) is 9.79 Å². The minimum absolute atomic E-state index is 0. The summed E-state index contributed by atoms with van der Waals surface area (Å²) in [6, 6.07) is 0. The van der Waals surface area contributed by atoms with E-state index >= 15 is 0 Å². The Morgan fingerprint density at radius 2 is 1.33 bits per heavy atom. The van der Waals surface area contributed by atoms with Crippen molar-refractivity contribution >= 4 is 7.82 Å². The zero-order valence-corrected chi connectivity index (χ0v) is 12.2. The van der Waals surface area contributed by atoms with E-state index in [0.29, 0.717) is 0 Å². The second-order valence-corrected chi connectivity index (χ2v) is 1.47. The first-order valence-electron chi connectivity index (χ1n) is 0.989. The van der Waals surface area contributed by atoms with E-state index in [2.05, 4.69) is 0 Å². The maximum Gasteiger partial charge on any atom is 1.00 e. The van der Waals surface area contributed by atoms with Crippen LogP contribution in [0.3, 0.4) is 0 Å². The molecule has 42 valence electrons. The molecule has 0 aromatic carbocycles. The third-order valence-corrected chi connectivity index (χ3v) is 0. The number of hydrogen-bond donors (Lipinski definition) is 2. The molecule has 5 nitrogen and oxygen atoms in total. The Morgan fingerprint density at radius 3 is 1.33 bits per heavy atom. The molecular weight excluding hydrogens is 199 g/mol. The van der Waals surface area contributed by atoms with Gasteiger partial charge in [0.2, 0.25) is 0 Å². The standard InChI is InChI=1S/CN.2K.H3O4P/c1-2;;;1-5(2,3)4/h;;;(H3,1,2,3,4)/q-1;2*+1;/p-1. The van der Waals surface area contributed by atoms with Gasteiger partial charge in [-0.3, -0.25) is 4.57 Å². The van der Waals surface area contributed by atoms with E-state index in [1.54, 1.807) is 0 Å². The Hall–Kier alpha value is 2.87. The van der Waals surface area contributed by atoms with Crippen LogP contribution in [0.4, 0.5) is 0 Å². The van der Waals surface area contributed by atoms with Crippen LogP contribution in [0.1, 0.15) is 0 Å². The van der Waals surface area contributed by atoms with Crippen LogP contribution in [-0.2, 0) is 4.57 Å². The number of nitrogens with zero attached hydrogens (tertiary/aromatic N) is 1. The molecule has 0 saturated carbocycles. The van der Waals surface area contributed by atoms with Crippen LogP contribution in [0.5, 0.6) is 0 Å². The third-order valence-electron chi connectivity index (χ3n) is 0. The monoisotopic (exact) mass is 201 g/mol. The van der Waals surface area contributed by atoms with E-state index < -0.39 is 7.82 Å². The topological polar surface area (TPSA) is 104 Å². The van der Waals surface area contributed by atoms with Crippen molar-refractivity contribution in [1.82, 2.24) is 0 Å². The van der Waals surface area contributed by atoms with E-state index in [0.717, 1.165) is 0 Å². The fraction of sp³-hybridized carbons (Fsp3) is 0. The smallest absolute Gasteiger partial charge is 0.756 e. The maximum absolute atomic E-state index is 8.77. The normalized spacial score (nSPS) is 6.78. The summed E-state index contributed by atoms with van der Waals surface area (Å²) in [5.74, 6) is 0. The zero-order chi connectivity index (χ0) is 6.50. The summed E-state index contributed by atoms with van der Waals surface area (Å²) >= 11 is 0. The molecule has 0 aliphatic heterocycles. The molecule has 0 saturated heterocycles. The molecule has 0 aromatic heterocycles. The minimum Gasteiger partial charge on any atom is -0.756 e. The van der Waals surface area contributed by atoms with Crippen molar-refractivity contribution in [2.45, 2.75) is 0 Å². The Bertz CT molecular complexity index is 89.7. The van der Waals surface area contributed by atoms with Crippen LogP contribution in [0, 0.1) is 11.8 Å². The molecule has 0 atom stereocenters. The predicted octanol–water partition coefficient (Wildman–Crippen LogP) is -7.46. The van der Waals surface area contributed by atoms with Gasteiger partial charge in [0, 0.05) is 0 Å². The number of hydrogen-bond acceptors (Lipinski definition) is 3. The van der Waals surface area contributed by atoms with Gasteiger partial charge >= 0.3 is 103 Å². The molecule has 2 N–H and O–H groups in total. The van der Waals surface area contributed by atoms with Crippen molar-refractivity contribution in [3.8, 4) is 0 Å². The first-order chi connectivity index (χ1) is 3.00. The van der Waals surface area contributed by atoms with Crippen LogP contribution in [0.2, 0.25) is 0 Å². The van der Waals surface area contributed by atoms with Crippen molar-refractivity contribution in [2.24, 2.45) is 0 Å². The van der Waals surface area contributed by atoms with Gasteiger partial charge in [-0.25, -0.2) is 0 Å². The van der Waals surface area contributed by atoms with Crippen LogP contribution in [0.25, 0.3) is 0 Å². The largest absolute Gasteiger partial charge is 1.00 e. The van der Waals surface area contributed by atoms with Crippen molar-refractivity contribution < 1.29 is 122 Å². The molecule has 0 fully saturated rings. The second kappa shape index (κ2) is 13.5. The summed E-state index contributed by atoms with van der Waals surface area (Å²) < 4.78 is 8.77. The summed E-state index contributed by atoms with van der Waals surface area (Å²) in [6.07, 6.45) is 0. The van der Waals surface area contributed by atoms with Crippen molar-refractivity contribution in [1.29, 1.82) is 5.26 Å². The third kappa shape index (κ3) is 104. The molecule has 0 spiro atoms.